The molecule has 5 N–H and O–H groups in total. The minimum atomic E-state index is -4.85. The topological polar surface area (TPSA) is 180 Å². The largest absolute Gasteiger partial charge is 0.469 e. The molecule has 1 saturated carbocycles. The van der Waals surface area contributed by atoms with Crippen LogP contribution in [0, 0.1) is 11.8 Å². The first-order valence-corrected chi connectivity index (χ1v) is 20.7. The molecule has 1 aliphatic carbocycles. The minimum absolute atomic E-state index is 0.0626. The predicted molar refractivity (Wildman–Crippen MR) is 208 cm³/mol. The Balaban J connectivity index is 2.43. The lowest BCUT2D eigenvalue weighted by Gasteiger charge is -2.19. The Morgan fingerprint density at radius 2 is 1.40 bits per heavy atom. The zero-order valence-corrected chi connectivity index (χ0v) is 32.6. The molecule has 0 aromatic rings. The first-order chi connectivity index (χ1) is 25.5. The van der Waals surface area contributed by atoms with Crippen LogP contribution in [0.1, 0.15) is 110 Å². The summed E-state index contributed by atoms with van der Waals surface area (Å²) in [5.41, 5.74) is 0. The van der Waals surface area contributed by atoms with Crippen molar-refractivity contribution in [2.24, 2.45) is 11.8 Å². The third kappa shape index (κ3) is 26.5. The van der Waals surface area contributed by atoms with Gasteiger partial charge in [0, 0.05) is 18.8 Å². The Hall–Kier alpha value is -2.89. The lowest BCUT2D eigenvalue weighted by molar-refractivity contribution is -0.160. The lowest BCUT2D eigenvalue weighted by atomic mass is 9.89. The number of rotatable bonds is 29. The van der Waals surface area contributed by atoms with E-state index in [2.05, 4.69) is 67.0 Å². The molecule has 0 aliphatic heterocycles. The number of ether oxygens (including phenoxy) is 2. The summed E-state index contributed by atoms with van der Waals surface area (Å²) < 4.78 is 26.2. The minimum Gasteiger partial charge on any atom is -0.461 e. The van der Waals surface area contributed by atoms with Gasteiger partial charge in [0.2, 0.25) is 0 Å². The van der Waals surface area contributed by atoms with Gasteiger partial charge in [0.1, 0.15) is 6.61 Å². The van der Waals surface area contributed by atoms with Crippen LogP contribution in [0.25, 0.3) is 0 Å². The van der Waals surface area contributed by atoms with Crippen molar-refractivity contribution in [3.05, 3.63) is 85.1 Å². The van der Waals surface area contributed by atoms with Crippen LogP contribution in [-0.2, 0) is 28.2 Å². The average Bonchev–Trinajstić information content (AvgIpc) is 3.38. The van der Waals surface area contributed by atoms with Gasteiger partial charge in [-0.1, -0.05) is 118 Å². The monoisotopic (exact) mass is 764 g/mol. The molecule has 0 amide bonds. The molecule has 12 heteroatoms. The van der Waals surface area contributed by atoms with Crippen LogP contribution >= 0.6 is 7.82 Å². The van der Waals surface area contributed by atoms with Gasteiger partial charge in [0.05, 0.1) is 31.3 Å². The molecule has 11 nitrogen and oxygen atoms in total. The van der Waals surface area contributed by atoms with E-state index in [9.17, 15) is 29.5 Å². The summed E-state index contributed by atoms with van der Waals surface area (Å²) in [7, 11) is -4.85. The van der Waals surface area contributed by atoms with E-state index in [1.165, 1.54) is 0 Å². The first kappa shape index (κ1) is 48.1. The molecule has 1 rings (SSSR count). The molecule has 0 radical (unpaired) electrons. The van der Waals surface area contributed by atoms with E-state index < -0.39 is 57.4 Å². The SMILES string of the molecule is CC/C=C\C/C=C\C/C=C\C/C=C\C/C=C\CCCC(=O)O[C@H](COC(=O)C/C=C\C[C@H]1[C@@H](/C=C/[C@H](O)CCCCC)[C@H](O)C[C@@H]1O)COP(=O)(O)O. The van der Waals surface area contributed by atoms with Gasteiger partial charge in [0.25, 0.3) is 0 Å². The molecule has 0 spiro atoms. The molecule has 1 aliphatic rings. The maximum absolute atomic E-state index is 12.4. The summed E-state index contributed by atoms with van der Waals surface area (Å²) in [6.07, 6.45) is 34.4. The number of phosphoric ester groups is 1. The van der Waals surface area contributed by atoms with Crippen molar-refractivity contribution in [1.29, 1.82) is 0 Å². The van der Waals surface area contributed by atoms with Crippen LogP contribution < -0.4 is 0 Å². The number of aliphatic hydroxyl groups is 3. The lowest BCUT2D eigenvalue weighted by Crippen LogP contribution is -2.29. The van der Waals surface area contributed by atoms with Gasteiger partial charge in [-0.2, -0.15) is 0 Å². The fourth-order valence-electron chi connectivity index (χ4n) is 5.61. The van der Waals surface area contributed by atoms with Crippen LogP contribution in [-0.4, -0.2) is 74.7 Å². The second kappa shape index (κ2) is 30.4. The zero-order chi connectivity index (χ0) is 39.2. The summed E-state index contributed by atoms with van der Waals surface area (Å²) in [6.45, 7) is 3.11. The van der Waals surface area contributed by atoms with Gasteiger partial charge in [-0.15, -0.1) is 0 Å². The molecule has 53 heavy (non-hydrogen) atoms. The number of carbonyl (C=O) groups is 2. The molecule has 0 saturated heterocycles. The number of carbonyl (C=O) groups excluding carboxylic acids is 2. The van der Waals surface area contributed by atoms with E-state index in [1.807, 2.05) is 12.2 Å². The van der Waals surface area contributed by atoms with Crippen molar-refractivity contribution in [2.75, 3.05) is 13.2 Å². The van der Waals surface area contributed by atoms with Gasteiger partial charge >= 0.3 is 19.8 Å². The smallest absolute Gasteiger partial charge is 0.461 e. The van der Waals surface area contributed by atoms with Crippen LogP contribution in [0.4, 0.5) is 0 Å². The summed E-state index contributed by atoms with van der Waals surface area (Å²) in [5.74, 6) is -1.89. The van der Waals surface area contributed by atoms with E-state index in [4.69, 9.17) is 19.3 Å². The third-order valence-electron chi connectivity index (χ3n) is 8.50. The van der Waals surface area contributed by atoms with E-state index in [0.29, 0.717) is 25.7 Å². The molecule has 0 aromatic carbocycles. The molecule has 0 bridgehead atoms. The second-order valence-corrected chi connectivity index (χ2v) is 14.4. The first-order valence-electron chi connectivity index (χ1n) is 19.1. The molecule has 1 fully saturated rings. The van der Waals surface area contributed by atoms with Crippen molar-refractivity contribution in [3.63, 3.8) is 0 Å². The highest BCUT2D eigenvalue weighted by molar-refractivity contribution is 7.46. The van der Waals surface area contributed by atoms with Crippen molar-refractivity contribution in [3.8, 4) is 0 Å². The summed E-state index contributed by atoms with van der Waals surface area (Å²) in [6, 6.07) is 0. The number of hydrogen-bond donors (Lipinski definition) is 5. The van der Waals surface area contributed by atoms with Gasteiger partial charge in [-0.25, -0.2) is 4.57 Å². The Labute approximate surface area is 317 Å². The fraction of sp³-hybridized carbons (Fsp3) is 0.610. The summed E-state index contributed by atoms with van der Waals surface area (Å²) in [5, 5.41) is 31.1. The number of allylic oxidation sites excluding steroid dienone is 11. The fourth-order valence-corrected chi connectivity index (χ4v) is 5.97. The molecular formula is C41H65O11P. The van der Waals surface area contributed by atoms with Gasteiger partial charge in [-0.05, 0) is 63.7 Å². The van der Waals surface area contributed by atoms with Crippen molar-refractivity contribution < 1.29 is 53.3 Å². The van der Waals surface area contributed by atoms with Crippen LogP contribution in [0.3, 0.4) is 0 Å². The molecule has 300 valence electrons. The standard InChI is InChI=1S/C41H65O11P/c1-3-5-7-8-9-10-11-12-13-14-15-16-17-18-19-20-22-28-41(46)52-35(33-51-53(47,48)49)32-50-40(45)27-24-23-26-36-37(39(44)31-38(36)43)30-29-34(42)25-21-6-4-2/h5,7,9-10,12-13,15-16,18-19,23-24,29-30,34-39,42-44H,3-4,6,8,11,14,17,20-22,25-28,31-33H2,1-2H3,(H2,47,48,49)/b7-5-,10-9-,13-12-,16-15-,19-18-,24-23-,30-29+/t34-,35-,36+,37-,38+,39-/m1/s1. The van der Waals surface area contributed by atoms with Crippen molar-refractivity contribution in [1.82, 2.24) is 0 Å². The van der Waals surface area contributed by atoms with Gasteiger partial charge in [-0.3, -0.25) is 14.1 Å². The third-order valence-corrected chi connectivity index (χ3v) is 8.99. The number of unbranched alkanes of at least 4 members (excludes halogenated alkanes) is 3. The zero-order valence-electron chi connectivity index (χ0n) is 31.7. The Bertz CT molecular complexity index is 1250. The maximum Gasteiger partial charge on any atom is 0.469 e. The average molecular weight is 765 g/mol. The highest BCUT2D eigenvalue weighted by Crippen LogP contribution is 2.37. The van der Waals surface area contributed by atoms with Crippen LogP contribution in [0.5, 0.6) is 0 Å². The Morgan fingerprint density at radius 1 is 0.774 bits per heavy atom. The van der Waals surface area contributed by atoms with Crippen LogP contribution in [0.15, 0.2) is 85.1 Å². The van der Waals surface area contributed by atoms with Crippen molar-refractivity contribution >= 4 is 19.8 Å². The molecule has 0 unspecified atom stereocenters. The normalized spacial score (nSPS) is 21.1. The highest BCUT2D eigenvalue weighted by Gasteiger charge is 2.39. The maximum atomic E-state index is 12.4. The number of hydrogen-bond acceptors (Lipinski definition) is 9. The second-order valence-electron chi connectivity index (χ2n) is 13.2. The summed E-state index contributed by atoms with van der Waals surface area (Å²) in [4.78, 5) is 43.0. The molecule has 0 aromatic heterocycles. The Kier molecular flexibility index (Phi) is 27.6. The van der Waals surface area contributed by atoms with E-state index in [1.54, 1.807) is 24.3 Å². The highest BCUT2D eigenvalue weighted by atomic mass is 31.2. The quantitative estimate of drug-likeness (QED) is 0.0218. The molecular weight excluding hydrogens is 699 g/mol. The van der Waals surface area contributed by atoms with Crippen LogP contribution in [0.2, 0.25) is 0 Å². The predicted octanol–water partition coefficient (Wildman–Crippen LogP) is 7.66. The summed E-state index contributed by atoms with van der Waals surface area (Å²) >= 11 is 0. The molecule has 0 heterocycles. The van der Waals surface area contributed by atoms with Gasteiger partial charge < -0.3 is 34.6 Å². The number of esters is 2. The van der Waals surface area contributed by atoms with E-state index >= 15 is 0 Å². The van der Waals surface area contributed by atoms with Gasteiger partial charge in [0.15, 0.2) is 6.10 Å². The number of phosphoric acid groups is 1. The van der Waals surface area contributed by atoms with Crippen molar-refractivity contribution in [2.45, 2.75) is 135 Å². The van der Waals surface area contributed by atoms with E-state index in [0.717, 1.165) is 51.4 Å². The Morgan fingerprint density at radius 3 is 2.00 bits per heavy atom. The number of aliphatic hydroxyl groups excluding tert-OH is 3. The molecule has 6 atom stereocenters. The van der Waals surface area contributed by atoms with E-state index in [-0.39, 0.29) is 31.1 Å².